The lowest BCUT2D eigenvalue weighted by Crippen LogP contribution is -2.38. The van der Waals surface area contributed by atoms with Crippen LogP contribution < -0.4 is 5.73 Å². The highest BCUT2D eigenvalue weighted by Gasteiger charge is 2.22. The lowest BCUT2D eigenvalue weighted by atomic mass is 9.93. The molecule has 2 amide bonds. The van der Waals surface area contributed by atoms with Crippen LogP contribution in [0.1, 0.15) is 24.1 Å². The number of halogens is 1. The van der Waals surface area contributed by atoms with Crippen LogP contribution in [0.5, 0.6) is 0 Å². The minimum Gasteiger partial charge on any atom is -0.370 e. The van der Waals surface area contributed by atoms with E-state index in [4.69, 9.17) is 17.3 Å². The third kappa shape index (κ3) is 4.35. The molecule has 1 fully saturated rings. The summed E-state index contributed by atoms with van der Waals surface area (Å²) in [5.41, 5.74) is 5.19. The van der Waals surface area contributed by atoms with Crippen LogP contribution in [0.15, 0.2) is 18.2 Å². The van der Waals surface area contributed by atoms with Gasteiger partial charge in [0.15, 0.2) is 0 Å². The molecule has 0 aliphatic carbocycles. The number of likely N-dealkylation sites (tertiary alicyclic amines) is 1. The molecule has 1 aromatic rings. The van der Waals surface area contributed by atoms with E-state index in [0.717, 1.165) is 17.7 Å². The monoisotopic (exact) mass is 312 g/mol. The van der Waals surface area contributed by atoms with Gasteiger partial charge in [-0.15, -0.1) is 11.3 Å². The molecule has 2 heterocycles. The Hall–Kier alpha value is -1.33. The second-order valence-electron chi connectivity index (χ2n) is 4.91. The standard InChI is InChI=1S/C14H17ClN2O2S/c15-12-3-1-11(20-12)2-4-14(19)17-7-5-10(6-8-17)9-13(16)18/h1-4,10H,5-9H2,(H2,16,18)/b4-2-. The normalized spacial score (nSPS) is 16.8. The minimum atomic E-state index is -0.260. The summed E-state index contributed by atoms with van der Waals surface area (Å²) < 4.78 is 0.712. The van der Waals surface area contributed by atoms with Crippen LogP contribution in [0.2, 0.25) is 4.34 Å². The molecule has 0 bridgehead atoms. The number of rotatable bonds is 4. The van der Waals surface area contributed by atoms with Crippen molar-refractivity contribution >= 4 is 40.8 Å². The van der Waals surface area contributed by atoms with E-state index >= 15 is 0 Å². The van der Waals surface area contributed by atoms with E-state index in [9.17, 15) is 9.59 Å². The average Bonchev–Trinajstić information content (AvgIpc) is 2.82. The molecule has 4 nitrogen and oxygen atoms in total. The number of nitrogens with zero attached hydrogens (tertiary/aromatic N) is 1. The first-order chi connectivity index (χ1) is 9.54. The topological polar surface area (TPSA) is 63.4 Å². The smallest absolute Gasteiger partial charge is 0.246 e. The van der Waals surface area contributed by atoms with Gasteiger partial charge in [-0.05, 0) is 37.0 Å². The molecular formula is C14H17ClN2O2S. The van der Waals surface area contributed by atoms with Crippen LogP contribution in [0.3, 0.4) is 0 Å². The van der Waals surface area contributed by atoms with Crippen LogP contribution >= 0.6 is 22.9 Å². The van der Waals surface area contributed by atoms with Crippen molar-refractivity contribution in [1.82, 2.24) is 4.90 Å². The summed E-state index contributed by atoms with van der Waals surface area (Å²) in [7, 11) is 0. The van der Waals surface area contributed by atoms with E-state index in [2.05, 4.69) is 0 Å². The zero-order valence-electron chi connectivity index (χ0n) is 11.0. The second-order valence-corrected chi connectivity index (χ2v) is 6.66. The van der Waals surface area contributed by atoms with Crippen molar-refractivity contribution in [2.24, 2.45) is 11.7 Å². The van der Waals surface area contributed by atoms with E-state index in [-0.39, 0.29) is 11.8 Å². The van der Waals surface area contributed by atoms with Crippen molar-refractivity contribution in [3.8, 4) is 0 Å². The summed E-state index contributed by atoms with van der Waals surface area (Å²) in [6.45, 7) is 1.37. The van der Waals surface area contributed by atoms with Gasteiger partial charge in [0.1, 0.15) is 0 Å². The summed E-state index contributed by atoms with van der Waals surface area (Å²) in [6, 6.07) is 3.70. The molecule has 0 unspecified atom stereocenters. The summed E-state index contributed by atoms with van der Waals surface area (Å²) in [6.07, 6.45) is 5.47. The van der Waals surface area contributed by atoms with Crippen molar-refractivity contribution in [3.05, 3.63) is 27.4 Å². The van der Waals surface area contributed by atoms with Gasteiger partial charge in [-0.2, -0.15) is 0 Å². The van der Waals surface area contributed by atoms with Gasteiger partial charge in [0.2, 0.25) is 11.8 Å². The summed E-state index contributed by atoms with van der Waals surface area (Å²) >= 11 is 7.27. The maximum Gasteiger partial charge on any atom is 0.246 e. The molecule has 1 aliphatic rings. The number of nitrogens with two attached hydrogens (primary N) is 1. The molecule has 6 heteroatoms. The molecule has 1 aliphatic heterocycles. The number of carbonyl (C=O) groups is 2. The average molecular weight is 313 g/mol. The van der Waals surface area contributed by atoms with Crippen molar-refractivity contribution in [3.63, 3.8) is 0 Å². The fourth-order valence-corrected chi connectivity index (χ4v) is 3.28. The Morgan fingerprint density at radius 2 is 2.10 bits per heavy atom. The summed E-state index contributed by atoms with van der Waals surface area (Å²) in [5, 5.41) is 0. The first kappa shape index (κ1) is 15.1. The zero-order valence-corrected chi connectivity index (χ0v) is 12.6. The van der Waals surface area contributed by atoms with E-state index in [1.807, 2.05) is 17.0 Å². The van der Waals surface area contributed by atoms with Crippen LogP contribution in [0.25, 0.3) is 6.08 Å². The maximum absolute atomic E-state index is 12.0. The lowest BCUT2D eigenvalue weighted by Gasteiger charge is -2.30. The molecule has 20 heavy (non-hydrogen) atoms. The Labute approximate surface area is 127 Å². The number of thiophene rings is 1. The van der Waals surface area contributed by atoms with Crippen molar-refractivity contribution in [2.45, 2.75) is 19.3 Å². The zero-order chi connectivity index (χ0) is 14.5. The van der Waals surface area contributed by atoms with E-state index < -0.39 is 0 Å². The van der Waals surface area contributed by atoms with Gasteiger partial charge in [0.05, 0.1) is 4.34 Å². The second kappa shape index (κ2) is 6.90. The first-order valence-electron chi connectivity index (χ1n) is 6.55. The molecule has 108 valence electrons. The number of hydrogen-bond acceptors (Lipinski definition) is 3. The highest BCUT2D eigenvalue weighted by Crippen LogP contribution is 2.23. The summed E-state index contributed by atoms with van der Waals surface area (Å²) in [5.74, 6) is 0.0629. The Morgan fingerprint density at radius 3 is 2.65 bits per heavy atom. The summed E-state index contributed by atoms with van der Waals surface area (Å²) in [4.78, 5) is 25.7. The molecule has 0 atom stereocenters. The Morgan fingerprint density at radius 1 is 1.40 bits per heavy atom. The van der Waals surface area contributed by atoms with E-state index in [1.165, 1.54) is 11.3 Å². The number of piperidine rings is 1. The predicted molar refractivity (Wildman–Crippen MR) is 81.5 cm³/mol. The van der Waals surface area contributed by atoms with Crippen LogP contribution in [-0.4, -0.2) is 29.8 Å². The van der Waals surface area contributed by atoms with Gasteiger partial charge in [-0.25, -0.2) is 0 Å². The number of primary amides is 1. The molecule has 0 saturated carbocycles. The lowest BCUT2D eigenvalue weighted by molar-refractivity contribution is -0.127. The van der Waals surface area contributed by atoms with E-state index in [0.29, 0.717) is 29.8 Å². The van der Waals surface area contributed by atoms with Crippen LogP contribution in [0, 0.1) is 5.92 Å². The molecule has 0 radical (unpaired) electrons. The molecule has 0 spiro atoms. The van der Waals surface area contributed by atoms with E-state index in [1.54, 1.807) is 12.2 Å². The molecule has 1 aromatic heterocycles. The molecule has 0 aromatic carbocycles. The fraction of sp³-hybridized carbons (Fsp3) is 0.429. The van der Waals surface area contributed by atoms with Gasteiger partial charge < -0.3 is 10.6 Å². The number of amides is 2. The largest absolute Gasteiger partial charge is 0.370 e. The molecule has 2 rings (SSSR count). The Balaban J connectivity index is 1.82. The third-order valence-corrected chi connectivity index (χ3v) is 4.60. The maximum atomic E-state index is 12.0. The Bertz CT molecular complexity index is 519. The SMILES string of the molecule is NC(=O)CC1CCN(C(=O)/C=C\c2ccc(Cl)s2)CC1. The van der Waals surface area contributed by atoms with Crippen LogP contribution in [0.4, 0.5) is 0 Å². The van der Waals surface area contributed by atoms with Gasteiger partial charge in [-0.1, -0.05) is 11.6 Å². The molecule has 1 saturated heterocycles. The predicted octanol–water partition coefficient (Wildman–Crippen LogP) is 2.53. The first-order valence-corrected chi connectivity index (χ1v) is 7.74. The molecular weight excluding hydrogens is 296 g/mol. The fourth-order valence-electron chi connectivity index (χ4n) is 2.32. The van der Waals surface area contributed by atoms with Crippen LogP contribution in [-0.2, 0) is 9.59 Å². The molecule has 2 N–H and O–H groups in total. The number of hydrogen-bond donors (Lipinski definition) is 1. The van der Waals surface area contributed by atoms with Gasteiger partial charge in [0, 0.05) is 30.5 Å². The van der Waals surface area contributed by atoms with Crippen molar-refractivity contribution < 1.29 is 9.59 Å². The highest BCUT2D eigenvalue weighted by molar-refractivity contribution is 7.17. The third-order valence-electron chi connectivity index (χ3n) is 3.40. The van der Waals surface area contributed by atoms with Crippen molar-refractivity contribution in [1.29, 1.82) is 0 Å². The minimum absolute atomic E-state index is 0.00653. The van der Waals surface area contributed by atoms with Gasteiger partial charge in [0.25, 0.3) is 0 Å². The highest BCUT2D eigenvalue weighted by atomic mass is 35.5. The van der Waals surface area contributed by atoms with Gasteiger partial charge in [-0.3, -0.25) is 9.59 Å². The van der Waals surface area contributed by atoms with Crippen molar-refractivity contribution in [2.75, 3.05) is 13.1 Å². The Kier molecular flexibility index (Phi) is 5.20. The number of carbonyl (C=O) groups excluding carboxylic acids is 2. The van der Waals surface area contributed by atoms with Gasteiger partial charge >= 0.3 is 0 Å². The quantitative estimate of drug-likeness (QED) is 0.868.